The van der Waals surface area contributed by atoms with Gasteiger partial charge in [0.2, 0.25) is 0 Å². The minimum absolute atomic E-state index is 0.169. The summed E-state index contributed by atoms with van der Waals surface area (Å²) in [7, 11) is 0. The first kappa shape index (κ1) is 20.5. The van der Waals surface area contributed by atoms with Gasteiger partial charge in [-0.25, -0.2) is 5.43 Å². The average Bonchev–Trinajstić information content (AvgIpc) is 2.97. The quantitative estimate of drug-likeness (QED) is 0.499. The Morgan fingerprint density at radius 1 is 1.23 bits per heavy atom. The van der Waals surface area contributed by atoms with Gasteiger partial charge >= 0.3 is 0 Å². The summed E-state index contributed by atoms with van der Waals surface area (Å²) >= 11 is 15.0. The highest BCUT2D eigenvalue weighted by molar-refractivity contribution is 9.10. The van der Waals surface area contributed by atoms with Gasteiger partial charge < -0.3 is 9.73 Å². The SMILES string of the molecule is CC(C)C(NC(=O)c1ccc(Cl)cc1Cl)C(=O)N/N=C\c1ccc(Br)o1. The molecule has 6 nitrogen and oxygen atoms in total. The third-order valence-electron chi connectivity index (χ3n) is 3.37. The van der Waals surface area contributed by atoms with E-state index in [1.165, 1.54) is 18.3 Å². The Labute approximate surface area is 169 Å². The molecule has 0 aliphatic rings. The van der Waals surface area contributed by atoms with Crippen LogP contribution in [0.2, 0.25) is 10.0 Å². The molecule has 1 heterocycles. The summed E-state index contributed by atoms with van der Waals surface area (Å²) in [5.74, 6) is -0.631. The van der Waals surface area contributed by atoms with Crippen LogP contribution in [0.4, 0.5) is 0 Å². The van der Waals surface area contributed by atoms with Gasteiger partial charge in [-0.15, -0.1) is 0 Å². The average molecular weight is 461 g/mol. The predicted octanol–water partition coefficient (Wildman–Crippen LogP) is 4.25. The molecule has 1 atom stereocenters. The van der Waals surface area contributed by atoms with Crippen LogP contribution >= 0.6 is 39.1 Å². The fraction of sp³-hybridized carbons (Fsp3) is 0.235. The van der Waals surface area contributed by atoms with E-state index in [9.17, 15) is 9.59 Å². The number of nitrogens with zero attached hydrogens (tertiary/aromatic N) is 1. The summed E-state index contributed by atoms with van der Waals surface area (Å²) < 4.78 is 5.79. The van der Waals surface area contributed by atoms with Gasteiger partial charge in [0.05, 0.1) is 16.8 Å². The lowest BCUT2D eigenvalue weighted by Gasteiger charge is -2.20. The highest BCUT2D eigenvalue weighted by atomic mass is 79.9. The van der Waals surface area contributed by atoms with Gasteiger partial charge in [-0.1, -0.05) is 37.0 Å². The number of halogens is 3. The largest absolute Gasteiger partial charge is 0.448 e. The number of carbonyl (C=O) groups is 2. The van der Waals surface area contributed by atoms with Crippen molar-refractivity contribution in [3.8, 4) is 0 Å². The molecule has 0 aliphatic heterocycles. The number of hydrazone groups is 1. The standard InChI is InChI=1S/C17H16BrCl2N3O3/c1-9(2)15(17(25)23-21-8-11-4-6-14(18)26-11)22-16(24)12-5-3-10(19)7-13(12)20/h3-9,15H,1-2H3,(H,22,24)(H,23,25)/b21-8-. The van der Waals surface area contributed by atoms with Gasteiger partial charge in [0, 0.05) is 5.02 Å². The van der Waals surface area contributed by atoms with E-state index in [1.54, 1.807) is 32.0 Å². The van der Waals surface area contributed by atoms with E-state index in [-0.39, 0.29) is 16.5 Å². The maximum Gasteiger partial charge on any atom is 0.262 e. The van der Waals surface area contributed by atoms with Crippen LogP contribution in [0, 0.1) is 5.92 Å². The van der Waals surface area contributed by atoms with Crippen LogP contribution in [0.25, 0.3) is 0 Å². The van der Waals surface area contributed by atoms with E-state index in [4.69, 9.17) is 27.6 Å². The summed E-state index contributed by atoms with van der Waals surface area (Å²) in [4.78, 5) is 24.8. The number of nitrogens with one attached hydrogen (secondary N) is 2. The smallest absolute Gasteiger partial charge is 0.262 e. The maximum absolute atomic E-state index is 12.4. The monoisotopic (exact) mass is 459 g/mol. The molecule has 9 heteroatoms. The van der Waals surface area contributed by atoms with E-state index < -0.39 is 17.9 Å². The zero-order valence-electron chi connectivity index (χ0n) is 13.9. The molecule has 0 saturated heterocycles. The van der Waals surface area contributed by atoms with E-state index in [2.05, 4.69) is 31.8 Å². The molecule has 1 aromatic carbocycles. The summed E-state index contributed by atoms with van der Waals surface area (Å²) in [5, 5.41) is 7.12. The Bertz CT molecular complexity index is 836. The third-order valence-corrected chi connectivity index (χ3v) is 4.35. The second-order valence-electron chi connectivity index (χ2n) is 5.70. The molecule has 0 spiro atoms. The first-order chi connectivity index (χ1) is 12.3. The van der Waals surface area contributed by atoms with Gasteiger partial charge in [0.1, 0.15) is 11.8 Å². The minimum Gasteiger partial charge on any atom is -0.448 e. The lowest BCUT2D eigenvalue weighted by atomic mass is 10.0. The molecule has 0 fully saturated rings. The highest BCUT2D eigenvalue weighted by Gasteiger charge is 2.25. The Balaban J connectivity index is 2.04. The lowest BCUT2D eigenvalue weighted by Crippen LogP contribution is -2.48. The van der Waals surface area contributed by atoms with Crippen LogP contribution in [0.15, 0.2) is 44.5 Å². The van der Waals surface area contributed by atoms with Crippen molar-refractivity contribution < 1.29 is 14.0 Å². The van der Waals surface area contributed by atoms with E-state index in [1.807, 2.05) is 0 Å². The lowest BCUT2D eigenvalue weighted by molar-refractivity contribution is -0.123. The fourth-order valence-corrected chi connectivity index (χ4v) is 2.87. The fourth-order valence-electron chi connectivity index (χ4n) is 2.05. The number of carbonyl (C=O) groups excluding carboxylic acids is 2. The van der Waals surface area contributed by atoms with Crippen molar-refractivity contribution in [3.63, 3.8) is 0 Å². The topological polar surface area (TPSA) is 83.7 Å². The van der Waals surface area contributed by atoms with Crippen molar-refractivity contribution >= 4 is 57.2 Å². The summed E-state index contributed by atoms with van der Waals surface area (Å²) in [6.07, 6.45) is 1.36. The number of benzene rings is 1. The first-order valence-corrected chi connectivity index (χ1v) is 9.17. The molecule has 2 rings (SSSR count). The summed E-state index contributed by atoms with van der Waals surface area (Å²) in [5.41, 5.74) is 2.62. The van der Waals surface area contributed by atoms with E-state index >= 15 is 0 Å². The Hall–Kier alpha value is -1.83. The van der Waals surface area contributed by atoms with Crippen LogP contribution in [-0.2, 0) is 4.79 Å². The molecule has 1 unspecified atom stereocenters. The molecule has 2 aromatic rings. The number of hydrogen-bond donors (Lipinski definition) is 2. The number of hydrogen-bond acceptors (Lipinski definition) is 4. The van der Waals surface area contributed by atoms with Crippen molar-refractivity contribution in [3.05, 3.63) is 56.4 Å². The van der Waals surface area contributed by atoms with Gasteiger partial charge in [0.15, 0.2) is 4.67 Å². The van der Waals surface area contributed by atoms with Gasteiger partial charge in [0.25, 0.3) is 11.8 Å². The van der Waals surface area contributed by atoms with Crippen LogP contribution < -0.4 is 10.7 Å². The zero-order chi connectivity index (χ0) is 19.3. The van der Waals surface area contributed by atoms with Crippen LogP contribution in [0.5, 0.6) is 0 Å². The van der Waals surface area contributed by atoms with Crippen molar-refractivity contribution in [1.29, 1.82) is 0 Å². The Kier molecular flexibility index (Phi) is 7.25. The number of furan rings is 1. The van der Waals surface area contributed by atoms with E-state index in [0.717, 1.165) is 0 Å². The molecule has 26 heavy (non-hydrogen) atoms. The van der Waals surface area contributed by atoms with Crippen LogP contribution in [-0.4, -0.2) is 24.1 Å². The van der Waals surface area contributed by atoms with Gasteiger partial charge in [-0.2, -0.15) is 5.10 Å². The second kappa shape index (κ2) is 9.21. The Morgan fingerprint density at radius 3 is 2.54 bits per heavy atom. The number of amides is 2. The second-order valence-corrected chi connectivity index (χ2v) is 7.32. The maximum atomic E-state index is 12.4. The van der Waals surface area contributed by atoms with Gasteiger partial charge in [-0.05, 0) is 52.2 Å². The normalized spacial score (nSPS) is 12.4. The van der Waals surface area contributed by atoms with Crippen molar-refractivity contribution in [2.75, 3.05) is 0 Å². The molecule has 1 aromatic heterocycles. The molecule has 0 aliphatic carbocycles. The molecule has 0 radical (unpaired) electrons. The van der Waals surface area contributed by atoms with Crippen LogP contribution in [0.3, 0.4) is 0 Å². The van der Waals surface area contributed by atoms with Crippen molar-refractivity contribution in [2.45, 2.75) is 19.9 Å². The molecular formula is C17H16BrCl2N3O3. The molecule has 0 saturated carbocycles. The minimum atomic E-state index is -0.797. The van der Waals surface area contributed by atoms with Crippen molar-refractivity contribution in [2.24, 2.45) is 11.0 Å². The third kappa shape index (κ3) is 5.59. The molecule has 2 N–H and O–H groups in total. The molecule has 0 bridgehead atoms. The molecule has 138 valence electrons. The van der Waals surface area contributed by atoms with E-state index in [0.29, 0.717) is 15.5 Å². The summed E-state index contributed by atoms with van der Waals surface area (Å²) in [6.45, 7) is 3.61. The Morgan fingerprint density at radius 2 is 1.96 bits per heavy atom. The number of rotatable bonds is 6. The first-order valence-electron chi connectivity index (χ1n) is 7.62. The van der Waals surface area contributed by atoms with Gasteiger partial charge in [-0.3, -0.25) is 9.59 Å². The molecule has 2 amide bonds. The predicted molar refractivity (Wildman–Crippen MR) is 105 cm³/mol. The summed E-state index contributed by atoms with van der Waals surface area (Å²) in [6, 6.07) is 7.12. The molecular weight excluding hydrogens is 445 g/mol. The highest BCUT2D eigenvalue weighted by Crippen LogP contribution is 2.21. The van der Waals surface area contributed by atoms with Crippen molar-refractivity contribution in [1.82, 2.24) is 10.7 Å². The zero-order valence-corrected chi connectivity index (χ0v) is 17.0. The van der Waals surface area contributed by atoms with Crippen LogP contribution in [0.1, 0.15) is 30.0 Å².